The first-order valence-corrected chi connectivity index (χ1v) is 6.69. The highest BCUT2D eigenvalue weighted by Crippen LogP contribution is 2.31. The van der Waals surface area contributed by atoms with Gasteiger partial charge in [0.1, 0.15) is 17.4 Å². The van der Waals surface area contributed by atoms with E-state index in [9.17, 15) is 4.79 Å². The molecule has 4 nitrogen and oxygen atoms in total. The number of hydrogen-bond acceptors (Lipinski definition) is 4. The van der Waals surface area contributed by atoms with Crippen LogP contribution in [0.2, 0.25) is 0 Å². The molecule has 4 heteroatoms. The first kappa shape index (κ1) is 12.2. The van der Waals surface area contributed by atoms with E-state index in [2.05, 4.69) is 5.32 Å². The monoisotopic (exact) mass is 259 g/mol. The van der Waals surface area contributed by atoms with Gasteiger partial charge in [0.2, 0.25) is 0 Å². The van der Waals surface area contributed by atoms with Crippen LogP contribution in [0.1, 0.15) is 31.6 Å². The van der Waals surface area contributed by atoms with Crippen molar-refractivity contribution in [2.24, 2.45) is 0 Å². The van der Waals surface area contributed by atoms with E-state index in [4.69, 9.17) is 9.15 Å². The molecule has 1 N–H and O–H groups in total. The summed E-state index contributed by atoms with van der Waals surface area (Å²) < 4.78 is 10.9. The number of carbonyl (C=O) groups is 1. The average molecular weight is 259 g/mol. The Labute approximate surface area is 111 Å². The number of ether oxygens (including phenoxy) is 1. The molecule has 1 aliphatic rings. The summed E-state index contributed by atoms with van der Waals surface area (Å²) in [5, 5.41) is 4.38. The van der Waals surface area contributed by atoms with Crippen molar-refractivity contribution in [1.82, 2.24) is 5.32 Å². The predicted molar refractivity (Wildman–Crippen MR) is 71.7 cm³/mol. The van der Waals surface area contributed by atoms with Crippen molar-refractivity contribution in [3.8, 4) is 0 Å². The highest BCUT2D eigenvalue weighted by Gasteiger charge is 2.32. The fourth-order valence-corrected chi connectivity index (χ4v) is 2.57. The quantitative estimate of drug-likeness (QED) is 0.861. The molecule has 1 aliphatic heterocycles. The second kappa shape index (κ2) is 5.05. The van der Waals surface area contributed by atoms with Crippen LogP contribution in [-0.2, 0) is 9.53 Å². The van der Waals surface area contributed by atoms with Gasteiger partial charge in [0.05, 0.1) is 12.6 Å². The maximum absolute atomic E-state index is 11.7. The van der Waals surface area contributed by atoms with E-state index in [-0.39, 0.29) is 18.1 Å². The molecular weight excluding hydrogens is 242 g/mol. The zero-order chi connectivity index (χ0) is 13.2. The highest BCUT2D eigenvalue weighted by atomic mass is 16.5. The lowest BCUT2D eigenvalue weighted by atomic mass is 10.1. The van der Waals surface area contributed by atoms with Crippen molar-refractivity contribution in [1.29, 1.82) is 0 Å². The summed E-state index contributed by atoms with van der Waals surface area (Å²) in [6.45, 7) is 2.25. The molecule has 0 spiro atoms. The topological polar surface area (TPSA) is 51.5 Å². The summed E-state index contributed by atoms with van der Waals surface area (Å²) in [6, 6.07) is 9.86. The second-order valence-electron chi connectivity index (χ2n) is 4.79. The van der Waals surface area contributed by atoms with E-state index in [1.54, 1.807) is 0 Å². The summed E-state index contributed by atoms with van der Waals surface area (Å²) in [6.07, 6.45) is 1.68. The maximum Gasteiger partial charge on any atom is 0.323 e. The van der Waals surface area contributed by atoms with Crippen molar-refractivity contribution >= 4 is 16.9 Å². The number of furan rings is 1. The zero-order valence-corrected chi connectivity index (χ0v) is 10.9. The van der Waals surface area contributed by atoms with Gasteiger partial charge in [-0.15, -0.1) is 0 Å². The van der Waals surface area contributed by atoms with Crippen LogP contribution in [0.4, 0.5) is 0 Å². The Balaban J connectivity index is 1.75. The molecule has 0 aliphatic carbocycles. The summed E-state index contributed by atoms with van der Waals surface area (Å²) in [4.78, 5) is 11.7. The van der Waals surface area contributed by atoms with E-state index in [1.807, 2.05) is 37.3 Å². The Morgan fingerprint density at radius 1 is 1.42 bits per heavy atom. The van der Waals surface area contributed by atoms with Gasteiger partial charge in [-0.25, -0.2) is 0 Å². The lowest BCUT2D eigenvalue weighted by Crippen LogP contribution is -2.33. The molecule has 0 bridgehead atoms. The molecule has 1 aromatic heterocycles. The first-order chi connectivity index (χ1) is 9.28. The fraction of sp³-hybridized carbons (Fsp3) is 0.400. The van der Waals surface area contributed by atoms with Crippen molar-refractivity contribution in [3.05, 3.63) is 36.1 Å². The molecular formula is C15H17NO3. The number of carbonyl (C=O) groups excluding carboxylic acids is 1. The lowest BCUT2D eigenvalue weighted by molar-refractivity contribution is -0.145. The van der Waals surface area contributed by atoms with Crippen LogP contribution in [-0.4, -0.2) is 18.6 Å². The lowest BCUT2D eigenvalue weighted by Gasteiger charge is -2.11. The standard InChI is InChI=1S/C15H17NO3/c1-2-18-15(17)12-8-7-11(16-12)14-9-10-5-3-4-6-13(10)19-14/h3-6,9,11-12,16H,2,7-8H2,1H3/t11-,12+/m1/s1. The minimum atomic E-state index is -0.210. The minimum absolute atomic E-state index is 0.0989. The van der Waals surface area contributed by atoms with E-state index in [0.29, 0.717) is 6.61 Å². The van der Waals surface area contributed by atoms with Crippen molar-refractivity contribution in [2.45, 2.75) is 31.8 Å². The molecule has 1 fully saturated rings. The summed E-state index contributed by atoms with van der Waals surface area (Å²) in [5.74, 6) is 0.731. The molecule has 19 heavy (non-hydrogen) atoms. The highest BCUT2D eigenvalue weighted by molar-refractivity contribution is 5.78. The van der Waals surface area contributed by atoms with Crippen LogP contribution in [0.5, 0.6) is 0 Å². The van der Waals surface area contributed by atoms with Gasteiger partial charge in [-0.3, -0.25) is 10.1 Å². The van der Waals surface area contributed by atoms with Gasteiger partial charge in [0.15, 0.2) is 0 Å². The second-order valence-corrected chi connectivity index (χ2v) is 4.79. The number of benzene rings is 1. The smallest absolute Gasteiger partial charge is 0.323 e. The molecule has 0 saturated carbocycles. The SMILES string of the molecule is CCOC(=O)[C@@H]1CC[C@H](c2cc3ccccc3o2)N1. The van der Waals surface area contributed by atoms with E-state index in [1.165, 1.54) is 0 Å². The third kappa shape index (κ3) is 2.36. The average Bonchev–Trinajstić information content (AvgIpc) is 3.05. The van der Waals surface area contributed by atoms with E-state index in [0.717, 1.165) is 29.6 Å². The molecule has 1 aromatic carbocycles. The van der Waals surface area contributed by atoms with Crippen LogP contribution >= 0.6 is 0 Å². The predicted octanol–water partition coefficient (Wildman–Crippen LogP) is 2.79. The molecule has 2 aromatic rings. The largest absolute Gasteiger partial charge is 0.465 e. The molecule has 0 unspecified atom stereocenters. The van der Waals surface area contributed by atoms with Gasteiger partial charge in [-0.1, -0.05) is 18.2 Å². The van der Waals surface area contributed by atoms with Gasteiger partial charge in [-0.2, -0.15) is 0 Å². The number of fused-ring (bicyclic) bond motifs is 1. The van der Waals surface area contributed by atoms with Gasteiger partial charge in [0, 0.05) is 5.39 Å². The van der Waals surface area contributed by atoms with E-state index >= 15 is 0 Å². The molecule has 2 atom stereocenters. The Bertz CT molecular complexity index is 557. The third-order valence-electron chi connectivity index (χ3n) is 3.51. The molecule has 2 heterocycles. The summed E-state index contributed by atoms with van der Waals surface area (Å²) in [5.41, 5.74) is 0.888. The number of nitrogens with one attached hydrogen (secondary N) is 1. The zero-order valence-electron chi connectivity index (χ0n) is 10.9. The number of rotatable bonds is 3. The first-order valence-electron chi connectivity index (χ1n) is 6.69. The minimum Gasteiger partial charge on any atom is -0.465 e. The van der Waals surface area contributed by atoms with Crippen molar-refractivity contribution in [3.63, 3.8) is 0 Å². The Morgan fingerprint density at radius 2 is 2.26 bits per heavy atom. The molecule has 100 valence electrons. The van der Waals surface area contributed by atoms with Gasteiger partial charge >= 0.3 is 5.97 Å². The summed E-state index contributed by atoms with van der Waals surface area (Å²) >= 11 is 0. The number of para-hydroxylation sites is 1. The fourth-order valence-electron chi connectivity index (χ4n) is 2.57. The van der Waals surface area contributed by atoms with Crippen LogP contribution in [0.3, 0.4) is 0 Å². The van der Waals surface area contributed by atoms with Gasteiger partial charge < -0.3 is 9.15 Å². The molecule has 1 saturated heterocycles. The molecule has 0 radical (unpaired) electrons. The van der Waals surface area contributed by atoms with Crippen LogP contribution in [0, 0.1) is 0 Å². The van der Waals surface area contributed by atoms with E-state index < -0.39 is 0 Å². The van der Waals surface area contributed by atoms with Gasteiger partial charge in [0.25, 0.3) is 0 Å². The number of esters is 1. The van der Waals surface area contributed by atoms with Crippen LogP contribution < -0.4 is 5.32 Å². The Morgan fingerprint density at radius 3 is 3.05 bits per heavy atom. The summed E-state index contributed by atoms with van der Waals surface area (Å²) in [7, 11) is 0. The third-order valence-corrected chi connectivity index (χ3v) is 3.51. The van der Waals surface area contributed by atoms with Crippen LogP contribution in [0.15, 0.2) is 34.7 Å². The molecule has 3 rings (SSSR count). The Kier molecular flexibility index (Phi) is 3.25. The normalized spacial score (nSPS) is 22.8. The van der Waals surface area contributed by atoms with Crippen molar-refractivity contribution in [2.75, 3.05) is 6.61 Å². The molecule has 0 amide bonds. The number of hydrogen-bond donors (Lipinski definition) is 1. The van der Waals surface area contributed by atoms with Gasteiger partial charge in [-0.05, 0) is 31.9 Å². The Hall–Kier alpha value is -1.81. The van der Waals surface area contributed by atoms with Crippen molar-refractivity contribution < 1.29 is 13.9 Å². The maximum atomic E-state index is 11.7. The van der Waals surface area contributed by atoms with Crippen LogP contribution in [0.25, 0.3) is 11.0 Å².